The number of aliphatic hydroxyl groups is 2. The Kier molecular flexibility index (Phi) is 9.55. The van der Waals surface area contributed by atoms with Gasteiger partial charge in [-0.1, -0.05) is 62.4 Å². The van der Waals surface area contributed by atoms with Crippen molar-refractivity contribution in [3.05, 3.63) is 102 Å². The van der Waals surface area contributed by atoms with Crippen LogP contribution in [0, 0.1) is 17.2 Å². The Labute approximate surface area is 244 Å². The van der Waals surface area contributed by atoms with Crippen molar-refractivity contribution < 1.29 is 34.1 Å². The number of carbonyl (C=O) groups excluding carboxylic acids is 2. The van der Waals surface area contributed by atoms with Gasteiger partial charge >= 0.3 is 5.97 Å². The summed E-state index contributed by atoms with van der Waals surface area (Å²) in [4.78, 5) is 41.4. The Morgan fingerprint density at radius 2 is 1.48 bits per heavy atom. The minimum Gasteiger partial charge on any atom is -0.481 e. The number of carbonyl (C=O) groups is 3. The van der Waals surface area contributed by atoms with Crippen LogP contribution in [0.25, 0.3) is 11.3 Å². The van der Waals surface area contributed by atoms with E-state index in [1.54, 1.807) is 50.2 Å². The molecule has 0 saturated carbocycles. The molecule has 4 N–H and O–H groups in total. The van der Waals surface area contributed by atoms with Crippen LogP contribution in [0.15, 0.2) is 84.9 Å². The summed E-state index contributed by atoms with van der Waals surface area (Å²) in [6, 6.07) is 23.6. The van der Waals surface area contributed by atoms with Gasteiger partial charge in [-0.25, -0.2) is 4.39 Å². The van der Waals surface area contributed by atoms with Crippen molar-refractivity contribution in [3.63, 3.8) is 0 Å². The molecule has 3 atom stereocenters. The Hall–Kier alpha value is -4.34. The number of hydrogen-bond acceptors (Lipinski definition) is 5. The first kappa shape index (κ1) is 30.6. The Morgan fingerprint density at radius 3 is 2.05 bits per heavy atom. The van der Waals surface area contributed by atoms with Crippen LogP contribution < -0.4 is 5.32 Å². The van der Waals surface area contributed by atoms with E-state index < -0.39 is 53.6 Å². The SMILES string of the molecule is CC(C)C1(C(=O)Nc2ccccc2)C(=O)N(CC[C@H](O)C[C@H](O)CC(=O)O)C(c2ccc(F)cc2)=C1c1ccccc1. The third-order valence-corrected chi connectivity index (χ3v) is 7.56. The second-order valence-corrected chi connectivity index (χ2v) is 10.8. The Bertz CT molecular complexity index is 1440. The molecule has 1 heterocycles. The third kappa shape index (κ3) is 6.27. The minimum atomic E-state index is -1.69. The number of carboxylic acids is 1. The Balaban J connectivity index is 1.87. The second kappa shape index (κ2) is 13.1. The van der Waals surface area contributed by atoms with Gasteiger partial charge in [0.2, 0.25) is 11.8 Å². The quantitative estimate of drug-likeness (QED) is 0.230. The fourth-order valence-corrected chi connectivity index (χ4v) is 5.59. The summed E-state index contributed by atoms with van der Waals surface area (Å²) in [5.41, 5.74) is 0.868. The average Bonchev–Trinajstić information content (AvgIpc) is 3.22. The van der Waals surface area contributed by atoms with Crippen LogP contribution in [-0.2, 0) is 14.4 Å². The van der Waals surface area contributed by atoms with Crippen LogP contribution in [0.3, 0.4) is 0 Å². The molecular formula is C33H35FN2O6. The predicted molar refractivity (Wildman–Crippen MR) is 157 cm³/mol. The van der Waals surface area contributed by atoms with Crippen LogP contribution in [0.5, 0.6) is 0 Å². The number of anilines is 1. The largest absolute Gasteiger partial charge is 0.481 e. The van der Waals surface area contributed by atoms with Crippen LogP contribution in [0.1, 0.15) is 44.2 Å². The van der Waals surface area contributed by atoms with E-state index in [0.717, 1.165) is 0 Å². The molecule has 1 unspecified atom stereocenters. The van der Waals surface area contributed by atoms with E-state index in [0.29, 0.717) is 28.1 Å². The topological polar surface area (TPSA) is 127 Å². The van der Waals surface area contributed by atoms with Gasteiger partial charge in [0.05, 0.1) is 24.3 Å². The highest BCUT2D eigenvalue weighted by atomic mass is 19.1. The maximum absolute atomic E-state index is 14.7. The van der Waals surface area contributed by atoms with Crippen molar-refractivity contribution in [2.45, 2.75) is 45.3 Å². The van der Waals surface area contributed by atoms with Gasteiger partial charge in [-0.15, -0.1) is 0 Å². The molecule has 9 heteroatoms. The summed E-state index contributed by atoms with van der Waals surface area (Å²) in [5.74, 6) is -3.19. The van der Waals surface area contributed by atoms with E-state index in [-0.39, 0.29) is 19.4 Å². The zero-order valence-corrected chi connectivity index (χ0v) is 23.5. The first-order valence-electron chi connectivity index (χ1n) is 13.9. The Morgan fingerprint density at radius 1 is 0.881 bits per heavy atom. The molecule has 0 fully saturated rings. The van der Waals surface area contributed by atoms with Gasteiger partial charge in [0.25, 0.3) is 0 Å². The monoisotopic (exact) mass is 574 g/mol. The van der Waals surface area contributed by atoms with Gasteiger partial charge in [0.1, 0.15) is 5.82 Å². The van der Waals surface area contributed by atoms with Crippen molar-refractivity contribution >= 4 is 34.7 Å². The van der Waals surface area contributed by atoms with Crippen molar-refractivity contribution in [1.29, 1.82) is 0 Å². The van der Waals surface area contributed by atoms with E-state index in [9.17, 15) is 29.0 Å². The summed E-state index contributed by atoms with van der Waals surface area (Å²) in [6.07, 6.45) is -3.09. The van der Waals surface area contributed by atoms with Crippen molar-refractivity contribution in [2.24, 2.45) is 11.3 Å². The number of carboxylic acid groups (broad SMARTS) is 1. The molecule has 42 heavy (non-hydrogen) atoms. The molecule has 3 aromatic carbocycles. The molecule has 8 nitrogen and oxygen atoms in total. The fourth-order valence-electron chi connectivity index (χ4n) is 5.59. The van der Waals surface area contributed by atoms with Gasteiger partial charge in [0, 0.05) is 17.8 Å². The molecule has 0 aromatic heterocycles. The van der Waals surface area contributed by atoms with Crippen molar-refractivity contribution in [2.75, 3.05) is 11.9 Å². The lowest BCUT2D eigenvalue weighted by molar-refractivity contribution is -0.143. The number of amides is 2. The molecule has 1 aliphatic heterocycles. The number of halogens is 1. The highest BCUT2D eigenvalue weighted by molar-refractivity contribution is 6.28. The zero-order valence-electron chi connectivity index (χ0n) is 23.5. The smallest absolute Gasteiger partial charge is 0.305 e. The van der Waals surface area contributed by atoms with Gasteiger partial charge < -0.3 is 25.5 Å². The molecule has 0 aliphatic carbocycles. The molecule has 0 saturated heterocycles. The molecule has 220 valence electrons. The van der Waals surface area contributed by atoms with Crippen LogP contribution in [0.2, 0.25) is 0 Å². The maximum Gasteiger partial charge on any atom is 0.305 e. The van der Waals surface area contributed by atoms with E-state index >= 15 is 0 Å². The van der Waals surface area contributed by atoms with Gasteiger partial charge in [-0.3, -0.25) is 14.4 Å². The lowest BCUT2D eigenvalue weighted by Crippen LogP contribution is -2.49. The standard InChI is InChI=1S/C33H35FN2O6/c1-21(2)33(31(41)35-25-11-7-4-8-12-25)29(22-9-5-3-6-10-22)30(23-13-15-24(34)16-14-23)36(32(33)42)18-17-26(37)19-27(38)20-28(39)40/h3-16,21,26-27,37-38H,17-20H2,1-2H3,(H,35,41)(H,39,40)/t26-,27-,33?/m0/s1. The number of aliphatic carboxylic acids is 1. The summed E-state index contributed by atoms with van der Waals surface area (Å²) in [5, 5.41) is 32.6. The minimum absolute atomic E-state index is 0.00363. The molecule has 3 aromatic rings. The highest BCUT2D eigenvalue weighted by Gasteiger charge is 2.60. The molecule has 1 aliphatic rings. The van der Waals surface area contributed by atoms with E-state index in [1.165, 1.54) is 17.0 Å². The predicted octanol–water partition coefficient (Wildman–Crippen LogP) is 4.79. The summed E-state index contributed by atoms with van der Waals surface area (Å²) in [7, 11) is 0. The zero-order chi connectivity index (χ0) is 30.4. The third-order valence-electron chi connectivity index (χ3n) is 7.56. The van der Waals surface area contributed by atoms with E-state index in [2.05, 4.69) is 5.32 Å². The molecule has 0 spiro atoms. The molecule has 0 bridgehead atoms. The fraction of sp³-hybridized carbons (Fsp3) is 0.303. The lowest BCUT2D eigenvalue weighted by Gasteiger charge is -2.34. The normalized spacial score (nSPS) is 18.3. The highest BCUT2D eigenvalue weighted by Crippen LogP contribution is 2.54. The van der Waals surface area contributed by atoms with E-state index in [4.69, 9.17) is 5.11 Å². The first-order chi connectivity index (χ1) is 20.0. The van der Waals surface area contributed by atoms with Crippen LogP contribution >= 0.6 is 0 Å². The van der Waals surface area contributed by atoms with Gasteiger partial charge in [0.15, 0.2) is 5.41 Å². The maximum atomic E-state index is 14.7. The number of hydrogen-bond donors (Lipinski definition) is 4. The van der Waals surface area contributed by atoms with Gasteiger partial charge in [-0.05, 0) is 66.3 Å². The van der Waals surface area contributed by atoms with Crippen molar-refractivity contribution in [3.8, 4) is 0 Å². The number of nitrogens with zero attached hydrogens (tertiary/aromatic N) is 1. The van der Waals surface area contributed by atoms with Crippen molar-refractivity contribution in [1.82, 2.24) is 4.90 Å². The second-order valence-electron chi connectivity index (χ2n) is 10.8. The summed E-state index contributed by atoms with van der Waals surface area (Å²) >= 11 is 0. The average molecular weight is 575 g/mol. The molecule has 0 radical (unpaired) electrons. The molecular weight excluding hydrogens is 539 g/mol. The number of nitrogens with one attached hydrogen (secondary N) is 1. The molecule has 4 rings (SSSR count). The van der Waals surface area contributed by atoms with Crippen LogP contribution in [0.4, 0.5) is 10.1 Å². The summed E-state index contributed by atoms with van der Waals surface area (Å²) < 4.78 is 14.0. The lowest BCUT2D eigenvalue weighted by atomic mass is 9.68. The first-order valence-corrected chi connectivity index (χ1v) is 13.9. The number of aliphatic hydroxyl groups excluding tert-OH is 2. The molecule has 2 amide bonds. The number of para-hydroxylation sites is 1. The number of benzene rings is 3. The number of rotatable bonds is 12. The van der Waals surface area contributed by atoms with E-state index in [1.807, 2.05) is 36.4 Å². The summed E-state index contributed by atoms with van der Waals surface area (Å²) in [6.45, 7) is 3.57. The van der Waals surface area contributed by atoms with Crippen LogP contribution in [-0.4, -0.2) is 56.8 Å². The van der Waals surface area contributed by atoms with Gasteiger partial charge in [-0.2, -0.15) is 0 Å².